The summed E-state index contributed by atoms with van der Waals surface area (Å²) in [4.78, 5) is 4.62. The summed E-state index contributed by atoms with van der Waals surface area (Å²) in [5.74, 6) is 1.97. The van der Waals surface area contributed by atoms with Crippen LogP contribution in [-0.2, 0) is 23.7 Å². The molecule has 118 valence electrons. The summed E-state index contributed by atoms with van der Waals surface area (Å²) in [5, 5.41) is 4.52. The van der Waals surface area contributed by atoms with Crippen LogP contribution in [0.25, 0.3) is 11.2 Å². The minimum atomic E-state index is 0.407. The molecule has 0 bridgehead atoms. The van der Waals surface area contributed by atoms with Gasteiger partial charge in [0.2, 0.25) is 0 Å². The molecule has 0 spiro atoms. The third-order valence-corrected chi connectivity index (χ3v) is 3.83. The Hall–Kier alpha value is -1.07. The maximum absolute atomic E-state index is 6.04. The largest absolute Gasteiger partial charge is 0.380 e. The van der Waals surface area contributed by atoms with Crippen molar-refractivity contribution < 1.29 is 4.74 Å². The first kappa shape index (κ1) is 16.3. The van der Waals surface area contributed by atoms with E-state index in [4.69, 9.17) is 16.3 Å². The molecule has 0 saturated heterocycles. The Bertz CT molecular complexity index is 588. The van der Waals surface area contributed by atoms with Crippen molar-refractivity contribution in [2.24, 2.45) is 5.92 Å². The normalized spacial score (nSPS) is 11.9. The van der Waals surface area contributed by atoms with Crippen LogP contribution >= 0.6 is 11.6 Å². The lowest BCUT2D eigenvalue weighted by Gasteiger charge is -2.10. The Morgan fingerprint density at radius 3 is 2.67 bits per heavy atom. The van der Waals surface area contributed by atoms with Crippen LogP contribution in [0.1, 0.15) is 38.7 Å². The molecular weight excluding hydrogens is 288 g/mol. The van der Waals surface area contributed by atoms with Crippen molar-refractivity contribution in [1.82, 2.24) is 19.3 Å². The van der Waals surface area contributed by atoms with E-state index in [0.29, 0.717) is 18.4 Å². The molecule has 0 aliphatic heterocycles. The highest BCUT2D eigenvalue weighted by Crippen LogP contribution is 2.20. The van der Waals surface area contributed by atoms with Gasteiger partial charge in [0, 0.05) is 19.7 Å². The molecule has 0 radical (unpaired) electrons. The van der Waals surface area contributed by atoms with Gasteiger partial charge in [-0.1, -0.05) is 13.8 Å². The number of rotatable bonds is 8. The van der Waals surface area contributed by atoms with Crippen molar-refractivity contribution in [2.75, 3.05) is 13.2 Å². The second kappa shape index (κ2) is 7.27. The lowest BCUT2D eigenvalue weighted by Crippen LogP contribution is -2.13. The average Bonchev–Trinajstić information content (AvgIpc) is 2.96. The van der Waals surface area contributed by atoms with Gasteiger partial charge in [0.25, 0.3) is 0 Å². The molecule has 0 aliphatic carbocycles. The molecule has 0 amide bonds. The van der Waals surface area contributed by atoms with Crippen molar-refractivity contribution >= 4 is 22.8 Å². The number of halogens is 1. The molecule has 0 N–H and O–H groups in total. The van der Waals surface area contributed by atoms with Crippen LogP contribution in [0.3, 0.4) is 0 Å². The first-order chi connectivity index (χ1) is 10.1. The Kier molecular flexibility index (Phi) is 5.65. The summed E-state index contributed by atoms with van der Waals surface area (Å²) < 4.78 is 9.85. The Morgan fingerprint density at radius 1 is 1.29 bits per heavy atom. The quantitative estimate of drug-likeness (QED) is 0.554. The molecule has 2 aromatic heterocycles. The fourth-order valence-corrected chi connectivity index (χ4v) is 2.61. The van der Waals surface area contributed by atoms with Gasteiger partial charge in [0.1, 0.15) is 11.3 Å². The molecule has 0 saturated carbocycles. The van der Waals surface area contributed by atoms with Crippen LogP contribution in [-0.4, -0.2) is 32.5 Å². The first-order valence-electron chi connectivity index (χ1n) is 7.64. The van der Waals surface area contributed by atoms with Gasteiger partial charge >= 0.3 is 0 Å². The highest BCUT2D eigenvalue weighted by molar-refractivity contribution is 6.16. The molecule has 0 aromatic carbocycles. The van der Waals surface area contributed by atoms with Crippen molar-refractivity contribution in [3.63, 3.8) is 0 Å². The van der Waals surface area contributed by atoms with Gasteiger partial charge < -0.3 is 9.30 Å². The molecule has 21 heavy (non-hydrogen) atoms. The second-order valence-corrected chi connectivity index (χ2v) is 5.95. The number of nitrogens with zero attached hydrogens (tertiary/aromatic N) is 4. The zero-order chi connectivity index (χ0) is 15.4. The highest BCUT2D eigenvalue weighted by Gasteiger charge is 2.17. The lowest BCUT2D eigenvalue weighted by atomic mass is 10.1. The first-order valence-corrected chi connectivity index (χ1v) is 8.18. The fraction of sp³-hybridized carbons (Fsp3) is 0.733. The van der Waals surface area contributed by atoms with Crippen molar-refractivity contribution in [3.8, 4) is 0 Å². The number of imidazole rings is 1. The van der Waals surface area contributed by atoms with E-state index in [-0.39, 0.29) is 0 Å². The van der Waals surface area contributed by atoms with Crippen LogP contribution < -0.4 is 0 Å². The molecule has 6 heteroatoms. The van der Waals surface area contributed by atoms with Gasteiger partial charge in [-0.05, 0) is 26.2 Å². The van der Waals surface area contributed by atoms with Gasteiger partial charge in [0.15, 0.2) is 5.65 Å². The number of fused-ring (bicyclic) bond motifs is 1. The van der Waals surface area contributed by atoms with Gasteiger partial charge in [-0.25, -0.2) is 9.67 Å². The van der Waals surface area contributed by atoms with Crippen molar-refractivity contribution in [3.05, 3.63) is 11.5 Å². The highest BCUT2D eigenvalue weighted by atomic mass is 35.5. The van der Waals surface area contributed by atoms with Crippen LogP contribution in [0.15, 0.2) is 0 Å². The van der Waals surface area contributed by atoms with Gasteiger partial charge in [-0.3, -0.25) is 0 Å². The average molecular weight is 313 g/mol. The van der Waals surface area contributed by atoms with Gasteiger partial charge in [0.05, 0.1) is 18.2 Å². The van der Waals surface area contributed by atoms with E-state index >= 15 is 0 Å². The molecule has 5 nitrogen and oxygen atoms in total. The predicted molar refractivity (Wildman–Crippen MR) is 85.8 cm³/mol. The summed E-state index contributed by atoms with van der Waals surface area (Å²) in [6, 6.07) is 0. The van der Waals surface area contributed by atoms with Gasteiger partial charge in [-0.2, -0.15) is 5.10 Å². The van der Waals surface area contributed by atoms with E-state index in [9.17, 15) is 0 Å². The minimum Gasteiger partial charge on any atom is -0.380 e. The monoisotopic (exact) mass is 312 g/mol. The van der Waals surface area contributed by atoms with Gasteiger partial charge in [-0.15, -0.1) is 11.6 Å². The molecule has 0 aliphatic rings. The number of aryl methyl sites for hydroxylation is 2. The molecule has 2 heterocycles. The van der Waals surface area contributed by atoms with E-state index in [1.165, 1.54) is 0 Å². The summed E-state index contributed by atoms with van der Waals surface area (Å²) in [5.41, 5.74) is 2.96. The van der Waals surface area contributed by atoms with E-state index in [1.807, 2.05) is 11.6 Å². The maximum Gasteiger partial charge on any atom is 0.159 e. The van der Waals surface area contributed by atoms with Crippen LogP contribution in [0.2, 0.25) is 0 Å². The molecule has 2 aromatic rings. The Labute approximate surface area is 131 Å². The van der Waals surface area contributed by atoms with E-state index in [1.54, 1.807) is 0 Å². The number of alkyl halides is 1. The number of ether oxygens (including phenoxy) is 1. The number of aromatic nitrogens is 4. The Balaban J connectivity index is 2.13. The molecule has 0 atom stereocenters. The second-order valence-electron chi connectivity index (χ2n) is 5.68. The molecular formula is C15H25ClN4O. The minimum absolute atomic E-state index is 0.407. The summed E-state index contributed by atoms with van der Waals surface area (Å²) in [7, 11) is 0. The Morgan fingerprint density at radius 2 is 2.05 bits per heavy atom. The summed E-state index contributed by atoms with van der Waals surface area (Å²) in [6.07, 6.45) is 1.09. The van der Waals surface area contributed by atoms with Crippen LogP contribution in [0.4, 0.5) is 0 Å². The van der Waals surface area contributed by atoms with Crippen molar-refractivity contribution in [1.29, 1.82) is 0 Å². The zero-order valence-electron chi connectivity index (χ0n) is 13.4. The fourth-order valence-electron chi connectivity index (χ4n) is 2.40. The smallest absolute Gasteiger partial charge is 0.159 e. The van der Waals surface area contributed by atoms with E-state index < -0.39 is 0 Å². The zero-order valence-corrected chi connectivity index (χ0v) is 14.2. The number of hydrogen-bond donors (Lipinski definition) is 0. The third-order valence-electron chi connectivity index (χ3n) is 3.60. The van der Waals surface area contributed by atoms with Crippen LogP contribution in [0.5, 0.6) is 0 Å². The van der Waals surface area contributed by atoms with Crippen molar-refractivity contribution in [2.45, 2.75) is 53.1 Å². The standard InChI is InChI=1S/C15H25ClN4O/c1-5-20-15-14(12(4)18-20)17-13(10-16)19(15)7-9-21-8-6-11(2)3/h11H,5-10H2,1-4H3. The molecule has 0 unspecified atom stereocenters. The molecule has 0 fully saturated rings. The summed E-state index contributed by atoms with van der Waals surface area (Å²) >= 11 is 6.04. The van der Waals surface area contributed by atoms with E-state index in [2.05, 4.69) is 35.4 Å². The topological polar surface area (TPSA) is 44.9 Å². The summed E-state index contributed by atoms with van der Waals surface area (Å²) in [6.45, 7) is 11.6. The lowest BCUT2D eigenvalue weighted by molar-refractivity contribution is 0.116. The molecule has 2 rings (SSSR count). The SMILES string of the molecule is CCn1nc(C)c2nc(CCl)n(CCOCCC(C)C)c21. The predicted octanol–water partition coefficient (Wildman–Crippen LogP) is 3.36. The van der Waals surface area contributed by atoms with E-state index in [0.717, 1.165) is 48.8 Å². The van der Waals surface area contributed by atoms with Crippen LogP contribution in [0, 0.1) is 12.8 Å². The maximum atomic E-state index is 6.04. The number of hydrogen-bond acceptors (Lipinski definition) is 3. The third kappa shape index (κ3) is 3.58.